The van der Waals surface area contributed by atoms with Gasteiger partial charge in [0, 0.05) is 19.2 Å². The van der Waals surface area contributed by atoms with Gasteiger partial charge in [-0.05, 0) is 18.9 Å². The van der Waals surface area contributed by atoms with Crippen LogP contribution in [0.3, 0.4) is 0 Å². The van der Waals surface area contributed by atoms with E-state index in [0.29, 0.717) is 12.1 Å². The molecule has 1 rings (SSSR count). The second kappa shape index (κ2) is 3.91. The number of nitrogens with one attached hydrogen (secondary N) is 2. The maximum Gasteiger partial charge on any atom is 0.178 e. The van der Waals surface area contributed by atoms with E-state index in [-0.39, 0.29) is 5.78 Å². The minimum absolute atomic E-state index is 0.131. The molecule has 3 heteroatoms. The molecule has 1 heterocycles. The molecule has 60 valence electrons. The second-order valence-corrected chi connectivity index (χ2v) is 2.55. The number of hydrogen-bond donors (Lipinski definition) is 2. The van der Waals surface area contributed by atoms with Crippen LogP contribution in [0.5, 0.6) is 0 Å². The van der Waals surface area contributed by atoms with Gasteiger partial charge in [0.1, 0.15) is 0 Å². The fourth-order valence-corrected chi connectivity index (χ4v) is 1.10. The molecule has 0 amide bonds. The largest absolute Gasteiger partial charge is 0.382 e. The maximum absolute atomic E-state index is 11.2. The number of ketones is 1. The van der Waals surface area contributed by atoms with Gasteiger partial charge in [0.05, 0.1) is 5.70 Å². The summed E-state index contributed by atoms with van der Waals surface area (Å²) in [5, 5.41) is 9.80. The Morgan fingerprint density at radius 1 is 1.45 bits per heavy atom. The molecular weight excluding hydrogens is 140 g/mol. The summed E-state index contributed by atoms with van der Waals surface area (Å²) in [6.45, 7) is 0.853. The molecule has 1 aliphatic rings. The average Bonchev–Trinajstić information content (AvgIpc) is 2.18. The van der Waals surface area contributed by atoms with Gasteiger partial charge in [0.15, 0.2) is 5.78 Å². The Morgan fingerprint density at radius 3 is 3.00 bits per heavy atom. The molecule has 0 aromatic rings. The molecule has 3 nitrogen and oxygen atoms in total. The Balaban J connectivity index is 2.66. The van der Waals surface area contributed by atoms with E-state index in [4.69, 9.17) is 5.41 Å². The number of carbonyl (C=O) groups is 1. The summed E-state index contributed by atoms with van der Waals surface area (Å²) >= 11 is 0. The van der Waals surface area contributed by atoms with E-state index in [1.165, 1.54) is 6.08 Å². The monoisotopic (exact) mass is 152 g/mol. The van der Waals surface area contributed by atoms with Gasteiger partial charge in [0.2, 0.25) is 0 Å². The highest BCUT2D eigenvalue weighted by molar-refractivity contribution is 5.98. The van der Waals surface area contributed by atoms with Gasteiger partial charge in [0.25, 0.3) is 0 Å². The van der Waals surface area contributed by atoms with Crippen LogP contribution in [0.2, 0.25) is 0 Å². The predicted octanol–water partition coefficient (Wildman–Crippen LogP) is 0.862. The number of rotatable bonds is 1. The molecule has 0 aliphatic carbocycles. The summed E-state index contributed by atoms with van der Waals surface area (Å²) in [5.41, 5.74) is 0.595. The third-order valence-corrected chi connectivity index (χ3v) is 1.70. The second-order valence-electron chi connectivity index (χ2n) is 2.55. The standard InChI is InChI=1S/C8H12N2O/c9-5-4-7-8(11)3-1-2-6-10-7/h4-5,9-10H,1-3,6H2/b7-4-,9-5?. The van der Waals surface area contributed by atoms with Crippen molar-refractivity contribution >= 4 is 12.0 Å². The van der Waals surface area contributed by atoms with Crippen molar-refractivity contribution < 1.29 is 4.79 Å². The Bertz CT molecular complexity index is 196. The smallest absolute Gasteiger partial charge is 0.178 e. The van der Waals surface area contributed by atoms with E-state index < -0.39 is 0 Å². The van der Waals surface area contributed by atoms with Crippen LogP contribution in [0.1, 0.15) is 19.3 Å². The molecule has 0 saturated carbocycles. The number of Topliss-reactive ketones (excluding diaryl/α,β-unsaturated/α-hetero) is 1. The molecule has 2 N–H and O–H groups in total. The van der Waals surface area contributed by atoms with Gasteiger partial charge < -0.3 is 10.7 Å². The van der Waals surface area contributed by atoms with Crippen LogP contribution in [0, 0.1) is 5.41 Å². The lowest BCUT2D eigenvalue weighted by molar-refractivity contribution is -0.115. The number of allylic oxidation sites excluding steroid dienone is 2. The van der Waals surface area contributed by atoms with E-state index in [1.807, 2.05) is 0 Å². The molecule has 1 saturated heterocycles. The molecule has 0 aromatic heterocycles. The highest BCUT2D eigenvalue weighted by atomic mass is 16.1. The zero-order valence-corrected chi connectivity index (χ0v) is 6.39. The first kappa shape index (κ1) is 7.98. The van der Waals surface area contributed by atoms with Gasteiger partial charge in [-0.2, -0.15) is 0 Å². The minimum Gasteiger partial charge on any atom is -0.382 e. The number of carbonyl (C=O) groups excluding carboxylic acids is 1. The number of hydrogen-bond acceptors (Lipinski definition) is 3. The lowest BCUT2D eigenvalue weighted by Gasteiger charge is -2.01. The van der Waals surface area contributed by atoms with Gasteiger partial charge in [-0.3, -0.25) is 4.79 Å². The molecule has 0 unspecified atom stereocenters. The van der Waals surface area contributed by atoms with Gasteiger partial charge >= 0.3 is 0 Å². The Labute approximate surface area is 66.0 Å². The first-order valence-electron chi connectivity index (χ1n) is 3.82. The fraction of sp³-hybridized carbons (Fsp3) is 0.500. The summed E-state index contributed by atoms with van der Waals surface area (Å²) in [6, 6.07) is 0. The zero-order valence-electron chi connectivity index (χ0n) is 6.39. The van der Waals surface area contributed by atoms with Crippen LogP contribution in [-0.2, 0) is 4.79 Å². The molecule has 0 radical (unpaired) electrons. The van der Waals surface area contributed by atoms with E-state index >= 15 is 0 Å². The van der Waals surface area contributed by atoms with Crippen molar-refractivity contribution in [2.75, 3.05) is 6.54 Å². The van der Waals surface area contributed by atoms with Gasteiger partial charge in [-0.15, -0.1) is 0 Å². The molecule has 0 atom stereocenters. The molecule has 11 heavy (non-hydrogen) atoms. The van der Waals surface area contributed by atoms with Crippen molar-refractivity contribution in [1.82, 2.24) is 5.32 Å². The quantitative estimate of drug-likeness (QED) is 0.432. The first-order chi connectivity index (χ1) is 5.34. The van der Waals surface area contributed by atoms with E-state index in [0.717, 1.165) is 25.6 Å². The predicted molar refractivity (Wildman–Crippen MR) is 43.7 cm³/mol. The van der Waals surface area contributed by atoms with Gasteiger partial charge in [-0.1, -0.05) is 0 Å². The molecule has 1 aliphatic heterocycles. The third kappa shape index (κ3) is 2.18. The first-order valence-corrected chi connectivity index (χ1v) is 3.82. The third-order valence-electron chi connectivity index (χ3n) is 1.70. The lowest BCUT2D eigenvalue weighted by Crippen LogP contribution is -2.18. The van der Waals surface area contributed by atoms with Crippen LogP contribution in [0.25, 0.3) is 0 Å². The summed E-state index contributed by atoms with van der Waals surface area (Å²) in [4.78, 5) is 11.2. The van der Waals surface area contributed by atoms with Crippen molar-refractivity contribution in [2.24, 2.45) is 0 Å². The Hall–Kier alpha value is -1.12. The summed E-state index contributed by atoms with van der Waals surface area (Å²) < 4.78 is 0. The van der Waals surface area contributed by atoms with Crippen molar-refractivity contribution in [3.05, 3.63) is 11.8 Å². The summed E-state index contributed by atoms with van der Waals surface area (Å²) in [7, 11) is 0. The molecule has 0 aromatic carbocycles. The maximum atomic E-state index is 11.2. The molecule has 1 fully saturated rings. The Kier molecular flexibility index (Phi) is 2.83. The lowest BCUT2D eigenvalue weighted by atomic mass is 10.2. The molecule has 0 bridgehead atoms. The summed E-state index contributed by atoms with van der Waals surface area (Å²) in [5.74, 6) is 0.131. The van der Waals surface area contributed by atoms with Gasteiger partial charge in [-0.25, -0.2) is 0 Å². The SMILES string of the molecule is N=C/C=C1\NCCCCC1=O. The van der Waals surface area contributed by atoms with Crippen LogP contribution >= 0.6 is 0 Å². The van der Waals surface area contributed by atoms with E-state index in [1.54, 1.807) is 0 Å². The highest BCUT2D eigenvalue weighted by Gasteiger charge is 2.11. The van der Waals surface area contributed by atoms with Crippen LogP contribution in [0.4, 0.5) is 0 Å². The van der Waals surface area contributed by atoms with Crippen molar-refractivity contribution in [1.29, 1.82) is 5.41 Å². The van der Waals surface area contributed by atoms with Crippen molar-refractivity contribution in [3.63, 3.8) is 0 Å². The fourth-order valence-electron chi connectivity index (χ4n) is 1.10. The molecular formula is C8H12N2O. The highest BCUT2D eigenvalue weighted by Crippen LogP contribution is 2.06. The zero-order chi connectivity index (χ0) is 8.10. The van der Waals surface area contributed by atoms with Crippen molar-refractivity contribution in [3.8, 4) is 0 Å². The average molecular weight is 152 g/mol. The summed E-state index contributed by atoms with van der Waals surface area (Å²) in [6.07, 6.45) is 5.29. The van der Waals surface area contributed by atoms with E-state index in [2.05, 4.69) is 5.32 Å². The Morgan fingerprint density at radius 2 is 2.27 bits per heavy atom. The van der Waals surface area contributed by atoms with Crippen LogP contribution in [0.15, 0.2) is 11.8 Å². The molecule has 0 spiro atoms. The van der Waals surface area contributed by atoms with Crippen LogP contribution in [-0.4, -0.2) is 18.5 Å². The van der Waals surface area contributed by atoms with E-state index in [9.17, 15) is 4.79 Å². The topological polar surface area (TPSA) is 53.0 Å². The minimum atomic E-state index is 0.131. The normalized spacial score (nSPS) is 22.5. The van der Waals surface area contributed by atoms with Crippen LogP contribution < -0.4 is 5.32 Å². The van der Waals surface area contributed by atoms with Crippen molar-refractivity contribution in [2.45, 2.75) is 19.3 Å².